The number of rotatable bonds is 5. The number of hydrogen-bond acceptors (Lipinski definition) is 3. The molecule has 0 aliphatic carbocycles. The summed E-state index contributed by atoms with van der Waals surface area (Å²) in [7, 11) is 1.79. The van der Waals surface area contributed by atoms with Gasteiger partial charge in [-0.05, 0) is 24.1 Å². The van der Waals surface area contributed by atoms with Crippen molar-refractivity contribution in [2.45, 2.75) is 13.5 Å². The molecule has 0 atom stereocenters. The van der Waals surface area contributed by atoms with E-state index in [0.717, 1.165) is 62.5 Å². The lowest BCUT2D eigenvalue weighted by molar-refractivity contribution is 0.0389. The number of aryl methyl sites for hydroxylation is 1. The average molecular weight is 453 g/mol. The first-order valence-electron chi connectivity index (χ1n) is 7.68. The van der Waals surface area contributed by atoms with Gasteiger partial charge in [0, 0.05) is 44.8 Å². The summed E-state index contributed by atoms with van der Waals surface area (Å²) < 4.78 is 5.35. The van der Waals surface area contributed by atoms with Gasteiger partial charge in [-0.2, -0.15) is 0 Å². The second-order valence-electron chi connectivity index (χ2n) is 5.39. The molecule has 0 aromatic heterocycles. The SMILES string of the molecule is CN=C(NCCN1CCOCC1)NCc1ccc(Cl)c(C)c1.I. The maximum Gasteiger partial charge on any atom is 0.191 e. The monoisotopic (exact) mass is 452 g/mol. The van der Waals surface area contributed by atoms with Crippen molar-refractivity contribution in [2.24, 2.45) is 4.99 Å². The maximum atomic E-state index is 6.04. The van der Waals surface area contributed by atoms with Crippen LogP contribution in [0.25, 0.3) is 0 Å². The van der Waals surface area contributed by atoms with Crippen molar-refractivity contribution in [1.29, 1.82) is 0 Å². The lowest BCUT2D eigenvalue weighted by atomic mass is 10.1. The first-order chi connectivity index (χ1) is 10.7. The average Bonchev–Trinajstić information content (AvgIpc) is 2.55. The van der Waals surface area contributed by atoms with E-state index in [1.54, 1.807) is 7.05 Å². The minimum Gasteiger partial charge on any atom is -0.379 e. The van der Waals surface area contributed by atoms with Gasteiger partial charge in [-0.25, -0.2) is 0 Å². The molecule has 1 aromatic carbocycles. The fourth-order valence-corrected chi connectivity index (χ4v) is 2.50. The van der Waals surface area contributed by atoms with Crippen LogP contribution in [0.1, 0.15) is 11.1 Å². The van der Waals surface area contributed by atoms with Crippen molar-refractivity contribution in [3.63, 3.8) is 0 Å². The predicted molar refractivity (Wildman–Crippen MR) is 107 cm³/mol. The Morgan fingerprint density at radius 3 is 2.70 bits per heavy atom. The van der Waals surface area contributed by atoms with Crippen LogP contribution in [0.4, 0.5) is 0 Å². The molecule has 1 aliphatic rings. The van der Waals surface area contributed by atoms with E-state index in [4.69, 9.17) is 16.3 Å². The Labute approximate surface area is 160 Å². The Morgan fingerprint density at radius 1 is 1.30 bits per heavy atom. The Bertz CT molecular complexity index is 507. The molecule has 1 fully saturated rings. The third kappa shape index (κ3) is 7.24. The van der Waals surface area contributed by atoms with Crippen LogP contribution in [0.15, 0.2) is 23.2 Å². The van der Waals surface area contributed by atoms with Crippen molar-refractivity contribution >= 4 is 41.5 Å². The molecular weight excluding hydrogens is 427 g/mol. The van der Waals surface area contributed by atoms with Crippen LogP contribution < -0.4 is 10.6 Å². The normalized spacial score (nSPS) is 15.9. The van der Waals surface area contributed by atoms with Gasteiger partial charge in [0.1, 0.15) is 0 Å². The highest BCUT2D eigenvalue weighted by molar-refractivity contribution is 14.0. The van der Waals surface area contributed by atoms with Gasteiger partial charge in [-0.15, -0.1) is 24.0 Å². The van der Waals surface area contributed by atoms with Crippen LogP contribution in [0.5, 0.6) is 0 Å². The molecule has 2 rings (SSSR count). The molecule has 1 aliphatic heterocycles. The van der Waals surface area contributed by atoms with Crippen LogP contribution in [0, 0.1) is 6.92 Å². The molecule has 1 heterocycles. The van der Waals surface area contributed by atoms with Gasteiger partial charge in [0.15, 0.2) is 5.96 Å². The number of nitrogens with one attached hydrogen (secondary N) is 2. The molecule has 1 saturated heterocycles. The molecule has 0 bridgehead atoms. The van der Waals surface area contributed by atoms with Gasteiger partial charge < -0.3 is 15.4 Å². The van der Waals surface area contributed by atoms with Crippen LogP contribution >= 0.6 is 35.6 Å². The summed E-state index contributed by atoms with van der Waals surface area (Å²) in [6, 6.07) is 6.06. The molecule has 0 saturated carbocycles. The standard InChI is InChI=1S/C16H25ClN4O.HI/c1-13-11-14(3-4-15(13)17)12-20-16(18-2)19-5-6-21-7-9-22-10-8-21;/h3-4,11H,5-10,12H2,1-2H3,(H2,18,19,20);1H. The van der Waals surface area contributed by atoms with Crippen molar-refractivity contribution in [3.8, 4) is 0 Å². The van der Waals surface area contributed by atoms with E-state index < -0.39 is 0 Å². The van der Waals surface area contributed by atoms with Crippen molar-refractivity contribution < 1.29 is 4.74 Å². The third-order valence-electron chi connectivity index (χ3n) is 3.73. The van der Waals surface area contributed by atoms with E-state index in [9.17, 15) is 0 Å². The molecule has 0 unspecified atom stereocenters. The highest BCUT2D eigenvalue weighted by Crippen LogP contribution is 2.15. The first-order valence-corrected chi connectivity index (χ1v) is 8.06. The minimum absolute atomic E-state index is 0. The lowest BCUT2D eigenvalue weighted by Gasteiger charge is -2.26. The summed E-state index contributed by atoms with van der Waals surface area (Å²) in [5, 5.41) is 7.47. The number of benzene rings is 1. The van der Waals surface area contributed by atoms with E-state index >= 15 is 0 Å². The third-order valence-corrected chi connectivity index (χ3v) is 4.15. The molecule has 130 valence electrons. The zero-order valence-electron chi connectivity index (χ0n) is 13.8. The highest BCUT2D eigenvalue weighted by atomic mass is 127. The molecular formula is C16H26ClIN4O. The predicted octanol–water partition coefficient (Wildman–Crippen LogP) is 2.26. The summed E-state index contributed by atoms with van der Waals surface area (Å²) in [6.07, 6.45) is 0. The van der Waals surface area contributed by atoms with E-state index in [1.165, 1.54) is 5.56 Å². The van der Waals surface area contributed by atoms with E-state index in [-0.39, 0.29) is 24.0 Å². The zero-order chi connectivity index (χ0) is 15.8. The highest BCUT2D eigenvalue weighted by Gasteiger charge is 2.09. The van der Waals surface area contributed by atoms with Crippen LogP contribution in [0.2, 0.25) is 5.02 Å². The first kappa shape index (κ1) is 20.5. The summed E-state index contributed by atoms with van der Waals surface area (Å²) in [5.74, 6) is 0.820. The van der Waals surface area contributed by atoms with Crippen LogP contribution in [-0.2, 0) is 11.3 Å². The molecule has 0 spiro atoms. The van der Waals surface area contributed by atoms with E-state index in [2.05, 4.69) is 26.6 Å². The Hall–Kier alpha value is -0.570. The Morgan fingerprint density at radius 2 is 2.04 bits per heavy atom. The molecule has 0 amide bonds. The Balaban J connectivity index is 0.00000264. The fraction of sp³-hybridized carbons (Fsp3) is 0.562. The van der Waals surface area contributed by atoms with Crippen molar-refractivity contribution in [3.05, 3.63) is 34.3 Å². The number of guanidine groups is 1. The number of hydrogen-bond donors (Lipinski definition) is 2. The van der Waals surface area contributed by atoms with Crippen LogP contribution in [0.3, 0.4) is 0 Å². The largest absolute Gasteiger partial charge is 0.379 e. The molecule has 7 heteroatoms. The number of aliphatic imine (C=N–C) groups is 1. The molecule has 5 nitrogen and oxygen atoms in total. The van der Waals surface area contributed by atoms with Gasteiger partial charge in [0.25, 0.3) is 0 Å². The molecule has 0 radical (unpaired) electrons. The van der Waals surface area contributed by atoms with E-state index in [0.29, 0.717) is 0 Å². The van der Waals surface area contributed by atoms with Crippen LogP contribution in [-0.4, -0.2) is 57.3 Å². The summed E-state index contributed by atoms with van der Waals surface area (Å²) in [4.78, 5) is 6.65. The van der Waals surface area contributed by atoms with Crippen molar-refractivity contribution in [1.82, 2.24) is 15.5 Å². The van der Waals surface area contributed by atoms with Gasteiger partial charge >= 0.3 is 0 Å². The lowest BCUT2D eigenvalue weighted by Crippen LogP contribution is -2.44. The molecule has 23 heavy (non-hydrogen) atoms. The second-order valence-corrected chi connectivity index (χ2v) is 5.80. The molecule has 2 N–H and O–H groups in total. The fourth-order valence-electron chi connectivity index (χ4n) is 2.38. The smallest absolute Gasteiger partial charge is 0.191 e. The summed E-state index contributed by atoms with van der Waals surface area (Å²) >= 11 is 6.04. The van der Waals surface area contributed by atoms with Gasteiger partial charge in [0.05, 0.1) is 13.2 Å². The van der Waals surface area contributed by atoms with E-state index in [1.807, 2.05) is 19.1 Å². The number of halogens is 2. The number of morpholine rings is 1. The quantitative estimate of drug-likeness (QED) is 0.409. The number of nitrogens with zero attached hydrogens (tertiary/aromatic N) is 2. The summed E-state index contributed by atoms with van der Waals surface area (Å²) in [6.45, 7) is 8.32. The Kier molecular flexibility index (Phi) is 9.85. The second kappa shape index (κ2) is 11.1. The zero-order valence-corrected chi connectivity index (χ0v) is 16.9. The maximum absolute atomic E-state index is 6.04. The van der Waals surface area contributed by atoms with Crippen molar-refractivity contribution in [2.75, 3.05) is 46.4 Å². The topological polar surface area (TPSA) is 48.9 Å². The van der Waals surface area contributed by atoms with Gasteiger partial charge in [-0.1, -0.05) is 23.7 Å². The number of ether oxygens (including phenoxy) is 1. The summed E-state index contributed by atoms with van der Waals surface area (Å²) in [5.41, 5.74) is 2.29. The minimum atomic E-state index is 0. The van der Waals surface area contributed by atoms with Gasteiger partial charge in [-0.3, -0.25) is 9.89 Å². The molecule has 1 aromatic rings. The van der Waals surface area contributed by atoms with Gasteiger partial charge in [0.2, 0.25) is 0 Å².